The summed E-state index contributed by atoms with van der Waals surface area (Å²) in [5.74, 6) is -4.05. The lowest BCUT2D eigenvalue weighted by Gasteiger charge is -2.48. The number of hydrogen-bond acceptors (Lipinski definition) is 7. The maximum absolute atomic E-state index is 12.5. The van der Waals surface area contributed by atoms with Crippen LogP contribution in [0.4, 0.5) is 24.5 Å². The Morgan fingerprint density at radius 2 is 1.60 bits per heavy atom. The highest BCUT2D eigenvalue weighted by molar-refractivity contribution is 6.01. The first kappa shape index (κ1) is 33.2. The van der Waals surface area contributed by atoms with Crippen LogP contribution in [0, 0.1) is 6.92 Å². The number of anilines is 2. The molecule has 2 heterocycles. The van der Waals surface area contributed by atoms with E-state index in [2.05, 4.69) is 15.1 Å². The number of nitrogens with one attached hydrogen (secondary N) is 1. The molecule has 2 aliphatic heterocycles. The number of alkyl halides is 3. The van der Waals surface area contributed by atoms with Crippen LogP contribution in [-0.2, 0) is 14.4 Å². The zero-order chi connectivity index (χ0) is 31.8. The molecule has 43 heavy (non-hydrogen) atoms. The topological polar surface area (TPSA) is 162 Å². The number of benzene rings is 2. The summed E-state index contributed by atoms with van der Waals surface area (Å²) in [7, 11) is 0. The van der Waals surface area contributed by atoms with Gasteiger partial charge in [0.1, 0.15) is 11.3 Å². The maximum atomic E-state index is 12.5. The molecule has 5 N–H and O–H groups in total. The molecule has 0 aliphatic carbocycles. The number of amides is 2. The van der Waals surface area contributed by atoms with Crippen LogP contribution in [0.25, 0.3) is 0 Å². The molecule has 2 aromatic rings. The van der Waals surface area contributed by atoms with Gasteiger partial charge in [0, 0.05) is 18.8 Å². The van der Waals surface area contributed by atoms with E-state index in [-0.39, 0.29) is 23.8 Å². The van der Waals surface area contributed by atoms with Crippen LogP contribution >= 0.6 is 0 Å². The van der Waals surface area contributed by atoms with Gasteiger partial charge in [0.25, 0.3) is 5.91 Å². The lowest BCUT2D eigenvalue weighted by Crippen LogP contribution is -2.63. The molecule has 2 aromatic carbocycles. The van der Waals surface area contributed by atoms with Crippen molar-refractivity contribution in [3.8, 4) is 5.75 Å². The molecule has 0 bridgehead atoms. The van der Waals surface area contributed by atoms with Crippen LogP contribution in [0.1, 0.15) is 48.0 Å². The number of aryl methyl sites for hydroxylation is 1. The number of rotatable bonds is 8. The number of carboxylic acid groups (broad SMARTS) is 2. The van der Waals surface area contributed by atoms with Crippen LogP contribution in [0.2, 0.25) is 0 Å². The van der Waals surface area contributed by atoms with Crippen LogP contribution in [0.15, 0.2) is 42.5 Å². The van der Waals surface area contributed by atoms with Crippen molar-refractivity contribution in [2.45, 2.75) is 50.7 Å². The molecule has 2 fully saturated rings. The molecule has 2 amide bonds. The predicted octanol–water partition coefficient (Wildman–Crippen LogP) is 3.65. The molecule has 0 radical (unpaired) electrons. The standard InChI is InChI=1S/C27H34N4O5.C2HF3O2/c1-19-6-5-7-21(16-19)36-18-24(32)29-23-9-8-20(17-22(23)25(33)34)30-14-10-27(11-15-30,26(28)35)31-12-3-2-4-13-31;3-2(4,5)1(6)7/h5-9,16-17H,2-4,10-15,18H2,1H3,(H2,28,35)(H,29,32)(H,33,34);(H,6,7). The number of carboxylic acids is 2. The van der Waals surface area contributed by atoms with Crippen molar-refractivity contribution in [3.05, 3.63) is 53.6 Å². The number of primary amides is 1. The van der Waals surface area contributed by atoms with Crippen LogP contribution < -0.4 is 20.7 Å². The monoisotopic (exact) mass is 608 g/mol. The van der Waals surface area contributed by atoms with Gasteiger partial charge in [0.15, 0.2) is 6.61 Å². The van der Waals surface area contributed by atoms with Crippen molar-refractivity contribution in [3.63, 3.8) is 0 Å². The van der Waals surface area contributed by atoms with E-state index in [1.54, 1.807) is 24.3 Å². The Hall–Kier alpha value is -4.33. The second kappa shape index (κ2) is 14.2. The fourth-order valence-electron chi connectivity index (χ4n) is 5.23. The summed E-state index contributed by atoms with van der Waals surface area (Å²) in [6.07, 6.45) is -0.566. The molecule has 234 valence electrons. The van der Waals surface area contributed by atoms with Crippen LogP contribution in [0.3, 0.4) is 0 Å². The molecule has 0 atom stereocenters. The van der Waals surface area contributed by atoms with Gasteiger partial charge in [-0.15, -0.1) is 0 Å². The zero-order valence-electron chi connectivity index (χ0n) is 23.7. The number of aliphatic carboxylic acids is 1. The Morgan fingerprint density at radius 1 is 0.977 bits per heavy atom. The molecule has 4 rings (SSSR count). The predicted molar refractivity (Wildman–Crippen MR) is 151 cm³/mol. The Morgan fingerprint density at radius 3 is 2.14 bits per heavy atom. The summed E-state index contributed by atoms with van der Waals surface area (Å²) in [6, 6.07) is 12.3. The number of carbonyl (C=O) groups excluding carboxylic acids is 2. The van der Waals surface area contributed by atoms with E-state index in [0.717, 1.165) is 37.2 Å². The Bertz CT molecular complexity index is 1320. The minimum absolute atomic E-state index is 0.000765. The van der Waals surface area contributed by atoms with E-state index in [0.29, 0.717) is 31.7 Å². The third kappa shape index (κ3) is 8.83. The molecular formula is C29H35F3N4O7. The van der Waals surface area contributed by atoms with Gasteiger partial charge in [-0.2, -0.15) is 13.2 Å². The Balaban J connectivity index is 0.000000646. The Kier molecular flexibility index (Phi) is 11.0. The van der Waals surface area contributed by atoms with E-state index < -0.39 is 29.6 Å². The van der Waals surface area contributed by atoms with Crippen molar-refractivity contribution in [1.82, 2.24) is 4.90 Å². The molecule has 2 saturated heterocycles. The van der Waals surface area contributed by atoms with Crippen molar-refractivity contribution in [2.24, 2.45) is 5.73 Å². The van der Waals surface area contributed by atoms with Gasteiger partial charge in [0.05, 0.1) is 11.3 Å². The third-order valence-corrected chi connectivity index (χ3v) is 7.49. The van der Waals surface area contributed by atoms with Gasteiger partial charge in [-0.25, -0.2) is 9.59 Å². The number of carbonyl (C=O) groups is 4. The highest BCUT2D eigenvalue weighted by Crippen LogP contribution is 2.34. The fourth-order valence-corrected chi connectivity index (χ4v) is 5.23. The average Bonchev–Trinajstić information content (AvgIpc) is 2.96. The number of hydrogen-bond donors (Lipinski definition) is 4. The SMILES string of the molecule is Cc1cccc(OCC(=O)Nc2ccc(N3CCC(C(N)=O)(N4CCCCC4)CC3)cc2C(=O)O)c1.O=C(O)C(F)(F)F. The smallest absolute Gasteiger partial charge is 0.484 e. The number of nitrogens with two attached hydrogens (primary N) is 1. The van der Waals surface area contributed by atoms with Gasteiger partial charge in [-0.3, -0.25) is 14.5 Å². The molecular weight excluding hydrogens is 573 g/mol. The van der Waals surface area contributed by atoms with Crippen molar-refractivity contribution >= 4 is 35.1 Å². The third-order valence-electron chi connectivity index (χ3n) is 7.49. The summed E-state index contributed by atoms with van der Waals surface area (Å²) < 4.78 is 37.3. The number of ether oxygens (including phenoxy) is 1. The van der Waals surface area contributed by atoms with Gasteiger partial charge in [0.2, 0.25) is 5.91 Å². The lowest BCUT2D eigenvalue weighted by atomic mass is 9.83. The minimum atomic E-state index is -5.08. The van der Waals surface area contributed by atoms with Crippen molar-refractivity contribution in [2.75, 3.05) is 43.0 Å². The van der Waals surface area contributed by atoms with Gasteiger partial charge in [-0.05, 0) is 81.6 Å². The lowest BCUT2D eigenvalue weighted by molar-refractivity contribution is -0.192. The minimum Gasteiger partial charge on any atom is -0.484 e. The summed E-state index contributed by atoms with van der Waals surface area (Å²) >= 11 is 0. The second-order valence-electron chi connectivity index (χ2n) is 10.4. The van der Waals surface area contributed by atoms with Crippen molar-refractivity contribution < 1.29 is 47.3 Å². The first-order chi connectivity index (χ1) is 20.2. The first-order valence-electron chi connectivity index (χ1n) is 13.7. The van der Waals surface area contributed by atoms with E-state index in [4.69, 9.17) is 20.4 Å². The fraction of sp³-hybridized carbons (Fsp3) is 0.448. The highest BCUT2D eigenvalue weighted by Gasteiger charge is 2.45. The Labute approximate surface area is 246 Å². The number of nitrogens with zero attached hydrogens (tertiary/aromatic N) is 2. The largest absolute Gasteiger partial charge is 0.490 e. The second-order valence-corrected chi connectivity index (χ2v) is 10.4. The van der Waals surface area contributed by atoms with Gasteiger partial charge in [-0.1, -0.05) is 18.6 Å². The normalized spacial score (nSPS) is 16.8. The van der Waals surface area contributed by atoms with Gasteiger partial charge >= 0.3 is 18.1 Å². The quantitative estimate of drug-likeness (QED) is 0.350. The van der Waals surface area contributed by atoms with E-state index in [9.17, 15) is 32.7 Å². The molecule has 11 nitrogen and oxygen atoms in total. The molecule has 0 aromatic heterocycles. The first-order valence-corrected chi connectivity index (χ1v) is 13.7. The summed E-state index contributed by atoms with van der Waals surface area (Å²) in [5.41, 5.74) is 7.20. The number of aromatic carboxylic acids is 1. The molecule has 0 spiro atoms. The van der Waals surface area contributed by atoms with Gasteiger partial charge < -0.3 is 30.9 Å². The number of piperidine rings is 2. The zero-order valence-corrected chi connectivity index (χ0v) is 23.7. The summed E-state index contributed by atoms with van der Waals surface area (Å²) in [5, 5.41) is 19.6. The number of halogens is 3. The summed E-state index contributed by atoms with van der Waals surface area (Å²) in [4.78, 5) is 50.1. The van der Waals surface area contributed by atoms with Crippen LogP contribution in [-0.4, -0.2) is 83.4 Å². The van der Waals surface area contributed by atoms with E-state index >= 15 is 0 Å². The van der Waals surface area contributed by atoms with Crippen LogP contribution in [0.5, 0.6) is 5.75 Å². The average molecular weight is 609 g/mol. The molecule has 0 saturated carbocycles. The molecule has 0 unspecified atom stereocenters. The number of likely N-dealkylation sites (tertiary alicyclic amines) is 1. The van der Waals surface area contributed by atoms with Crippen molar-refractivity contribution in [1.29, 1.82) is 0 Å². The van der Waals surface area contributed by atoms with E-state index in [1.165, 1.54) is 6.42 Å². The summed E-state index contributed by atoms with van der Waals surface area (Å²) in [6.45, 7) is 4.64. The highest BCUT2D eigenvalue weighted by atomic mass is 19.4. The maximum Gasteiger partial charge on any atom is 0.490 e. The molecule has 2 aliphatic rings. The van der Waals surface area contributed by atoms with E-state index in [1.807, 2.05) is 25.1 Å². The molecule has 14 heteroatoms.